The second kappa shape index (κ2) is 7.73. The van der Waals surface area contributed by atoms with Crippen molar-refractivity contribution in [3.8, 4) is 11.5 Å². The number of H-pyrrole nitrogens is 1. The van der Waals surface area contributed by atoms with Gasteiger partial charge in [0.25, 0.3) is 11.6 Å². The Morgan fingerprint density at radius 2 is 1.97 bits per heavy atom. The molecule has 1 amide bonds. The third-order valence-electron chi connectivity index (χ3n) is 3.99. The van der Waals surface area contributed by atoms with E-state index in [1.165, 1.54) is 31.3 Å². The van der Waals surface area contributed by atoms with Gasteiger partial charge in [0.05, 0.1) is 22.1 Å². The summed E-state index contributed by atoms with van der Waals surface area (Å²) in [5.74, 6) is -1.32. The second-order valence-corrected chi connectivity index (χ2v) is 6.02. The van der Waals surface area contributed by atoms with Crippen LogP contribution in [-0.4, -0.2) is 28.8 Å². The lowest BCUT2D eigenvalue weighted by molar-refractivity contribution is -0.384. The van der Waals surface area contributed by atoms with Crippen LogP contribution in [0.15, 0.2) is 47.5 Å². The summed E-state index contributed by atoms with van der Waals surface area (Å²) in [6.45, 7) is 0. The maximum absolute atomic E-state index is 13.6. The highest BCUT2D eigenvalue weighted by atomic mass is 19.4. The summed E-state index contributed by atoms with van der Waals surface area (Å²) in [7, 11) is 1.43. The highest BCUT2D eigenvalue weighted by molar-refractivity contribution is 6.04. The van der Waals surface area contributed by atoms with Crippen LogP contribution in [-0.2, 0) is 6.18 Å². The molecular formula is C18H14F3N5O4. The lowest BCUT2D eigenvalue weighted by atomic mass is 10.1. The van der Waals surface area contributed by atoms with Crippen molar-refractivity contribution < 1.29 is 27.6 Å². The number of benzene rings is 2. The number of nitrogens with two attached hydrogens (primary N) is 1. The van der Waals surface area contributed by atoms with Crippen LogP contribution < -0.4 is 15.8 Å². The Bertz CT molecular complexity index is 1170. The average molecular weight is 421 g/mol. The molecule has 4 N–H and O–H groups in total. The van der Waals surface area contributed by atoms with Gasteiger partial charge in [-0.05, 0) is 18.2 Å². The summed E-state index contributed by atoms with van der Waals surface area (Å²) in [5.41, 5.74) is 3.83. The number of hydrogen-bond acceptors (Lipinski definition) is 4. The van der Waals surface area contributed by atoms with Crippen LogP contribution in [0.4, 0.5) is 18.9 Å². The standard InChI is InChI=1S/C18H14F3N5O4/c1-23-17(22)25-16(27)15-8-12-13(18(19,20)21)6-11(7-14(12)24-15)30-10-4-2-3-9(5-10)26(28)29/h2-8,24H,1H3,(H3,22,23,25,27). The molecule has 2 aromatic carbocycles. The molecule has 1 aromatic heterocycles. The maximum atomic E-state index is 13.6. The molecule has 30 heavy (non-hydrogen) atoms. The molecule has 9 nitrogen and oxygen atoms in total. The van der Waals surface area contributed by atoms with Crippen LogP contribution in [0.1, 0.15) is 16.1 Å². The zero-order chi connectivity index (χ0) is 22.1. The van der Waals surface area contributed by atoms with Gasteiger partial charge in [-0.3, -0.25) is 14.9 Å². The number of nitro groups is 1. The number of hydrogen-bond donors (Lipinski definition) is 3. The van der Waals surface area contributed by atoms with Gasteiger partial charge in [0.2, 0.25) is 0 Å². The predicted molar refractivity (Wildman–Crippen MR) is 101 cm³/mol. The first-order valence-corrected chi connectivity index (χ1v) is 8.31. The van der Waals surface area contributed by atoms with Crippen molar-refractivity contribution >= 4 is 28.5 Å². The first-order valence-electron chi connectivity index (χ1n) is 8.31. The van der Waals surface area contributed by atoms with Crippen molar-refractivity contribution in [2.24, 2.45) is 10.7 Å². The van der Waals surface area contributed by atoms with Crippen molar-refractivity contribution in [2.75, 3.05) is 7.05 Å². The fourth-order valence-electron chi connectivity index (χ4n) is 2.64. The number of carbonyl (C=O) groups excluding carboxylic acids is 1. The number of rotatable bonds is 4. The molecule has 0 bridgehead atoms. The van der Waals surface area contributed by atoms with Crippen LogP contribution in [0.5, 0.6) is 11.5 Å². The van der Waals surface area contributed by atoms with Crippen LogP contribution in [0.2, 0.25) is 0 Å². The number of aromatic amines is 1. The number of halogens is 3. The number of nitro benzene ring substituents is 1. The van der Waals surface area contributed by atoms with Crippen molar-refractivity contribution in [1.29, 1.82) is 0 Å². The minimum Gasteiger partial charge on any atom is -0.457 e. The zero-order valence-electron chi connectivity index (χ0n) is 15.3. The summed E-state index contributed by atoms with van der Waals surface area (Å²) in [5, 5.41) is 13.0. The van der Waals surface area contributed by atoms with Crippen LogP contribution in [0.25, 0.3) is 10.9 Å². The second-order valence-electron chi connectivity index (χ2n) is 6.02. The molecule has 0 atom stereocenters. The largest absolute Gasteiger partial charge is 0.457 e. The number of non-ortho nitro benzene ring substituents is 1. The summed E-state index contributed by atoms with van der Waals surface area (Å²) in [6, 6.07) is 8.01. The van der Waals surface area contributed by atoms with Crippen molar-refractivity contribution in [3.63, 3.8) is 0 Å². The number of nitrogens with one attached hydrogen (secondary N) is 2. The summed E-state index contributed by atoms with van der Waals surface area (Å²) in [4.78, 5) is 28.4. The van der Waals surface area contributed by atoms with E-state index in [4.69, 9.17) is 10.5 Å². The number of alkyl halides is 3. The van der Waals surface area contributed by atoms with Crippen molar-refractivity contribution in [2.45, 2.75) is 6.18 Å². The van der Waals surface area contributed by atoms with Gasteiger partial charge in [0, 0.05) is 24.6 Å². The number of aromatic nitrogens is 1. The van der Waals surface area contributed by atoms with Gasteiger partial charge in [-0.2, -0.15) is 18.2 Å². The Balaban J connectivity index is 2.08. The average Bonchev–Trinajstić information content (AvgIpc) is 3.10. The van der Waals surface area contributed by atoms with E-state index in [2.05, 4.69) is 15.3 Å². The van der Waals surface area contributed by atoms with Crippen LogP contribution in [0, 0.1) is 10.1 Å². The Morgan fingerprint density at radius 1 is 1.23 bits per heavy atom. The Kier molecular flexibility index (Phi) is 5.32. The van der Waals surface area contributed by atoms with E-state index in [0.717, 1.165) is 18.2 Å². The SMILES string of the molecule is CNC(N)=NC(=O)c1cc2c(C(F)(F)F)cc(Oc3cccc([N+](=O)[O-])c3)cc2[nH]1. The molecule has 0 aliphatic heterocycles. The summed E-state index contributed by atoms with van der Waals surface area (Å²) in [6.07, 6.45) is -4.75. The quantitative estimate of drug-likeness (QED) is 0.255. The molecule has 156 valence electrons. The molecule has 3 rings (SSSR count). The first-order chi connectivity index (χ1) is 14.1. The van der Waals surface area contributed by atoms with Gasteiger partial charge in [-0.1, -0.05) is 6.07 Å². The molecule has 0 aliphatic carbocycles. The highest BCUT2D eigenvalue weighted by Gasteiger charge is 2.34. The van der Waals surface area contributed by atoms with Gasteiger partial charge >= 0.3 is 6.18 Å². The number of amides is 1. The normalized spacial score (nSPS) is 12.1. The van der Waals surface area contributed by atoms with E-state index in [-0.39, 0.29) is 39.7 Å². The topological polar surface area (TPSA) is 136 Å². The van der Waals surface area contributed by atoms with Gasteiger partial charge in [0.1, 0.15) is 17.2 Å². The Labute approximate surface area is 166 Å². The fourth-order valence-corrected chi connectivity index (χ4v) is 2.64. The lowest BCUT2D eigenvalue weighted by Gasteiger charge is -2.11. The zero-order valence-corrected chi connectivity index (χ0v) is 15.3. The predicted octanol–water partition coefficient (Wildman–Crippen LogP) is 3.56. The number of aliphatic imine (C=N–C) groups is 1. The monoisotopic (exact) mass is 421 g/mol. The van der Waals surface area contributed by atoms with Gasteiger partial charge in [-0.25, -0.2) is 0 Å². The van der Waals surface area contributed by atoms with Gasteiger partial charge in [0.15, 0.2) is 5.96 Å². The molecule has 12 heteroatoms. The third-order valence-corrected chi connectivity index (χ3v) is 3.99. The van der Waals surface area contributed by atoms with E-state index < -0.39 is 22.6 Å². The number of ether oxygens (including phenoxy) is 1. The molecule has 0 saturated heterocycles. The first kappa shape index (κ1) is 20.6. The Morgan fingerprint density at radius 3 is 2.60 bits per heavy atom. The molecular weight excluding hydrogens is 407 g/mol. The number of nitrogens with zero attached hydrogens (tertiary/aromatic N) is 2. The van der Waals surface area contributed by atoms with E-state index in [1.54, 1.807) is 0 Å². The minimum absolute atomic E-state index is 0.0223. The summed E-state index contributed by atoms with van der Waals surface area (Å²) >= 11 is 0. The molecule has 0 saturated carbocycles. The van der Waals surface area contributed by atoms with Crippen molar-refractivity contribution in [1.82, 2.24) is 10.3 Å². The maximum Gasteiger partial charge on any atom is 0.417 e. The molecule has 0 fully saturated rings. The molecule has 1 heterocycles. The van der Waals surface area contributed by atoms with E-state index in [0.29, 0.717) is 0 Å². The molecule has 0 unspecified atom stereocenters. The van der Waals surface area contributed by atoms with E-state index in [9.17, 15) is 28.1 Å². The molecule has 3 aromatic rings. The van der Waals surface area contributed by atoms with Gasteiger partial charge < -0.3 is 20.8 Å². The highest BCUT2D eigenvalue weighted by Crippen LogP contribution is 2.39. The molecule has 0 aliphatic rings. The third kappa shape index (κ3) is 4.32. The lowest BCUT2D eigenvalue weighted by Crippen LogP contribution is -2.28. The molecule has 0 spiro atoms. The van der Waals surface area contributed by atoms with Crippen LogP contribution in [0.3, 0.4) is 0 Å². The number of fused-ring (bicyclic) bond motifs is 1. The van der Waals surface area contributed by atoms with Gasteiger partial charge in [-0.15, -0.1) is 0 Å². The number of guanidine groups is 1. The smallest absolute Gasteiger partial charge is 0.417 e. The fraction of sp³-hybridized carbons (Fsp3) is 0.111. The summed E-state index contributed by atoms with van der Waals surface area (Å²) < 4.78 is 46.1. The van der Waals surface area contributed by atoms with E-state index in [1.807, 2.05) is 0 Å². The van der Waals surface area contributed by atoms with Crippen molar-refractivity contribution in [3.05, 3.63) is 63.8 Å². The number of carbonyl (C=O) groups is 1. The van der Waals surface area contributed by atoms with E-state index >= 15 is 0 Å². The Hall–Kier alpha value is -4.09. The minimum atomic E-state index is -4.75. The molecule has 0 radical (unpaired) electrons. The van der Waals surface area contributed by atoms with Crippen LogP contribution >= 0.6 is 0 Å².